The van der Waals surface area contributed by atoms with Crippen molar-refractivity contribution in [1.29, 1.82) is 0 Å². The van der Waals surface area contributed by atoms with Gasteiger partial charge in [0.2, 0.25) is 0 Å². The van der Waals surface area contributed by atoms with Crippen LogP contribution in [0.2, 0.25) is 0 Å². The molecule has 2 N–H and O–H groups in total. The maximum absolute atomic E-state index is 12.3. The largest absolute Gasteiger partial charge is 0.471 e. The van der Waals surface area contributed by atoms with E-state index in [1.165, 1.54) is 10.6 Å². The highest BCUT2D eigenvalue weighted by Gasteiger charge is 2.42. The van der Waals surface area contributed by atoms with Gasteiger partial charge in [0.15, 0.2) is 0 Å². The second kappa shape index (κ2) is 11.2. The van der Waals surface area contributed by atoms with Crippen LogP contribution in [0.4, 0.5) is 26.3 Å². The highest BCUT2D eigenvalue weighted by molar-refractivity contribution is 8.76. The first-order valence-electron chi connectivity index (χ1n) is 6.89. The summed E-state index contributed by atoms with van der Waals surface area (Å²) in [5.74, 6) is -8.11. The molecule has 0 heterocycles. The summed E-state index contributed by atoms with van der Waals surface area (Å²) in [6, 6.07) is -3.42. The Labute approximate surface area is 161 Å². The standard InChI is InChI=1S/C12H14F6N2O6S2/c1-25-7(21)5(19-9(23)11(13,14)15)3-27-28-4-6(8(22)26-2)20-10(24)12(16,17)18/h5-6H,3-4H2,1-2H3,(H,19,23)(H,20,24)/t5-,6?/m0/s1. The Morgan fingerprint density at radius 2 is 1.04 bits per heavy atom. The van der Waals surface area contributed by atoms with Crippen LogP contribution in [-0.4, -0.2) is 73.9 Å². The molecule has 0 aliphatic carbocycles. The molecule has 2 amide bonds. The molecule has 16 heteroatoms. The number of carbonyl (C=O) groups excluding carboxylic acids is 4. The lowest BCUT2D eigenvalue weighted by atomic mass is 10.3. The van der Waals surface area contributed by atoms with Gasteiger partial charge in [0, 0.05) is 11.5 Å². The number of esters is 2. The molecule has 0 aliphatic heterocycles. The summed E-state index contributed by atoms with van der Waals surface area (Å²) in [6.45, 7) is 0. The number of rotatable bonds is 9. The molecule has 0 aromatic rings. The van der Waals surface area contributed by atoms with Crippen molar-refractivity contribution in [3.63, 3.8) is 0 Å². The van der Waals surface area contributed by atoms with E-state index in [-0.39, 0.29) is 0 Å². The van der Waals surface area contributed by atoms with E-state index in [1.807, 2.05) is 0 Å². The SMILES string of the molecule is COC(=O)C(CSSC[C@H](NC(=O)C(F)(F)F)C(=O)OC)NC(=O)C(F)(F)F. The van der Waals surface area contributed by atoms with Gasteiger partial charge in [0.25, 0.3) is 0 Å². The number of methoxy groups -OCH3 is 2. The van der Waals surface area contributed by atoms with E-state index in [0.717, 1.165) is 14.2 Å². The average molecular weight is 460 g/mol. The number of amides is 2. The van der Waals surface area contributed by atoms with Gasteiger partial charge in [0.1, 0.15) is 12.1 Å². The summed E-state index contributed by atoms with van der Waals surface area (Å²) in [5, 5.41) is 2.80. The summed E-state index contributed by atoms with van der Waals surface area (Å²) >= 11 is 0. The predicted octanol–water partition coefficient (Wildman–Crippen LogP) is 0.808. The van der Waals surface area contributed by atoms with Crippen LogP contribution in [-0.2, 0) is 28.7 Å². The van der Waals surface area contributed by atoms with Gasteiger partial charge in [-0.15, -0.1) is 0 Å². The fourth-order valence-corrected chi connectivity index (χ4v) is 3.63. The predicted molar refractivity (Wildman–Crippen MR) is 84.9 cm³/mol. The molecule has 0 aromatic heterocycles. The molecule has 0 fully saturated rings. The molecule has 0 bridgehead atoms. The third-order valence-corrected chi connectivity index (χ3v) is 5.07. The normalized spacial score (nSPS) is 13.9. The Balaban J connectivity index is 4.79. The van der Waals surface area contributed by atoms with E-state index in [4.69, 9.17) is 0 Å². The lowest BCUT2D eigenvalue weighted by Gasteiger charge is -2.18. The Bertz CT molecular complexity index is 536. The molecule has 0 rings (SSSR count). The lowest BCUT2D eigenvalue weighted by molar-refractivity contribution is -0.175. The van der Waals surface area contributed by atoms with Gasteiger partial charge >= 0.3 is 36.1 Å². The van der Waals surface area contributed by atoms with Crippen molar-refractivity contribution in [2.45, 2.75) is 24.4 Å². The second-order valence-electron chi connectivity index (χ2n) is 4.66. The van der Waals surface area contributed by atoms with E-state index < -0.39 is 59.7 Å². The van der Waals surface area contributed by atoms with Crippen molar-refractivity contribution < 1.29 is 55.0 Å². The first-order valence-corrected chi connectivity index (χ1v) is 9.38. The van der Waals surface area contributed by atoms with Crippen molar-refractivity contribution in [3.8, 4) is 0 Å². The van der Waals surface area contributed by atoms with Gasteiger partial charge < -0.3 is 20.1 Å². The van der Waals surface area contributed by atoms with E-state index in [1.54, 1.807) is 0 Å². The third-order valence-electron chi connectivity index (χ3n) is 2.65. The van der Waals surface area contributed by atoms with Crippen molar-refractivity contribution in [2.24, 2.45) is 0 Å². The highest BCUT2D eigenvalue weighted by atomic mass is 33.1. The number of hydrogen-bond donors (Lipinski definition) is 2. The smallest absolute Gasteiger partial charge is 0.467 e. The van der Waals surface area contributed by atoms with Crippen molar-refractivity contribution in [1.82, 2.24) is 10.6 Å². The number of halogens is 6. The van der Waals surface area contributed by atoms with Crippen molar-refractivity contribution in [3.05, 3.63) is 0 Å². The van der Waals surface area contributed by atoms with Crippen molar-refractivity contribution >= 4 is 45.3 Å². The van der Waals surface area contributed by atoms with Crippen molar-refractivity contribution in [2.75, 3.05) is 25.7 Å². The van der Waals surface area contributed by atoms with Gasteiger partial charge in [-0.05, 0) is 0 Å². The summed E-state index contributed by atoms with van der Waals surface area (Å²) in [7, 11) is 3.02. The zero-order chi connectivity index (χ0) is 22.1. The van der Waals surface area contributed by atoms with Crippen LogP contribution in [0.15, 0.2) is 0 Å². The molecule has 1 unspecified atom stereocenters. The van der Waals surface area contributed by atoms with E-state index >= 15 is 0 Å². The summed E-state index contributed by atoms with van der Waals surface area (Å²) in [6.07, 6.45) is -10.5. The second-order valence-corrected chi connectivity index (χ2v) is 7.22. The van der Waals surface area contributed by atoms with Gasteiger partial charge in [-0.25, -0.2) is 9.59 Å². The first kappa shape index (κ1) is 26.2. The molecule has 162 valence electrons. The minimum atomic E-state index is -5.25. The Morgan fingerprint density at radius 3 is 1.25 bits per heavy atom. The Hall–Kier alpha value is -1.84. The number of carbonyl (C=O) groups is 4. The molecule has 0 radical (unpaired) electrons. The minimum absolute atomic E-state index is 0.472. The molecule has 0 aromatic carbocycles. The van der Waals surface area contributed by atoms with Gasteiger partial charge in [-0.2, -0.15) is 26.3 Å². The third kappa shape index (κ3) is 9.38. The summed E-state index contributed by atoms with van der Waals surface area (Å²) in [4.78, 5) is 44.7. The molecule has 2 atom stereocenters. The fourth-order valence-electron chi connectivity index (χ4n) is 1.33. The highest BCUT2D eigenvalue weighted by Crippen LogP contribution is 2.25. The summed E-state index contributed by atoms with van der Waals surface area (Å²) in [5.41, 5.74) is 0. The molecule has 8 nitrogen and oxygen atoms in total. The van der Waals surface area contributed by atoms with Gasteiger partial charge in [-0.3, -0.25) is 9.59 Å². The quantitative estimate of drug-likeness (QED) is 0.225. The van der Waals surface area contributed by atoms with Crippen LogP contribution < -0.4 is 10.6 Å². The van der Waals surface area contributed by atoms with Gasteiger partial charge in [0.05, 0.1) is 14.2 Å². The number of alkyl halides is 6. The molecular formula is C12H14F6N2O6S2. The van der Waals surface area contributed by atoms with Crippen LogP contribution in [0, 0.1) is 0 Å². The minimum Gasteiger partial charge on any atom is -0.467 e. The average Bonchev–Trinajstić information content (AvgIpc) is 2.59. The maximum Gasteiger partial charge on any atom is 0.471 e. The lowest BCUT2D eigenvalue weighted by Crippen LogP contribution is -2.49. The van der Waals surface area contributed by atoms with Crippen LogP contribution in [0.5, 0.6) is 0 Å². The molecule has 0 spiro atoms. The molecule has 0 saturated carbocycles. The Morgan fingerprint density at radius 1 is 0.750 bits per heavy atom. The van der Waals surface area contributed by atoms with E-state index in [2.05, 4.69) is 9.47 Å². The van der Waals surface area contributed by atoms with E-state index in [9.17, 15) is 45.5 Å². The zero-order valence-corrected chi connectivity index (χ0v) is 15.7. The number of nitrogens with one attached hydrogen (secondary N) is 2. The van der Waals surface area contributed by atoms with Crippen LogP contribution in [0.3, 0.4) is 0 Å². The molecular weight excluding hydrogens is 446 g/mol. The van der Waals surface area contributed by atoms with E-state index in [0.29, 0.717) is 21.6 Å². The van der Waals surface area contributed by atoms with Gasteiger partial charge in [-0.1, -0.05) is 21.6 Å². The Kier molecular flexibility index (Phi) is 10.5. The van der Waals surface area contributed by atoms with Crippen LogP contribution in [0.25, 0.3) is 0 Å². The topological polar surface area (TPSA) is 111 Å². The fraction of sp³-hybridized carbons (Fsp3) is 0.667. The number of ether oxygens (including phenoxy) is 2. The summed E-state index contributed by atoms with van der Waals surface area (Å²) < 4.78 is 82.0. The van der Waals surface area contributed by atoms with Crippen LogP contribution in [0.1, 0.15) is 0 Å². The molecule has 0 saturated heterocycles. The maximum atomic E-state index is 12.3. The molecule has 0 aliphatic rings. The molecule has 28 heavy (non-hydrogen) atoms. The number of hydrogen-bond acceptors (Lipinski definition) is 8. The van der Waals surface area contributed by atoms with Crippen LogP contribution >= 0.6 is 21.6 Å². The first-order chi connectivity index (χ1) is 12.7. The zero-order valence-electron chi connectivity index (χ0n) is 14.1. The monoisotopic (exact) mass is 460 g/mol.